The summed E-state index contributed by atoms with van der Waals surface area (Å²) in [5.41, 5.74) is 0. The second-order valence-corrected chi connectivity index (χ2v) is 8.36. The molecule has 164 valence electrons. The number of carbonyl (C=O) groups excluding carboxylic acids is 1. The molecule has 2 bridgehead atoms. The molecule has 28 heavy (non-hydrogen) atoms. The van der Waals surface area contributed by atoms with Gasteiger partial charge < -0.3 is 14.2 Å². The van der Waals surface area contributed by atoms with Gasteiger partial charge in [0.2, 0.25) is 5.91 Å². The number of carbonyl (C=O) groups is 1. The van der Waals surface area contributed by atoms with E-state index >= 15 is 0 Å². The molecule has 0 radical (unpaired) electrons. The third kappa shape index (κ3) is 7.97. The lowest BCUT2D eigenvalue weighted by Gasteiger charge is -2.28. The largest absolute Gasteiger partial charge is 0.381 e. The minimum absolute atomic E-state index is 0.268. The Balaban J connectivity index is 1.55. The topological polar surface area (TPSA) is 68.2 Å². The van der Waals surface area contributed by atoms with Crippen molar-refractivity contribution in [2.45, 2.75) is 89.8 Å². The Kier molecular flexibility index (Phi) is 11.4. The van der Waals surface area contributed by atoms with Crippen LogP contribution in [0.2, 0.25) is 0 Å². The molecule has 6 nitrogen and oxygen atoms in total. The maximum atomic E-state index is 11.3. The quantitative estimate of drug-likeness (QED) is 0.239. The maximum Gasteiger partial charge on any atom is 0.245 e. The summed E-state index contributed by atoms with van der Waals surface area (Å²) in [4.78, 5) is 11.3. The van der Waals surface area contributed by atoms with Crippen LogP contribution in [0.15, 0.2) is 0 Å². The minimum Gasteiger partial charge on any atom is -0.381 e. The second kappa shape index (κ2) is 13.5. The van der Waals surface area contributed by atoms with Crippen molar-refractivity contribution in [2.75, 3.05) is 33.5 Å². The monoisotopic (exact) mass is 399 g/mol. The highest BCUT2D eigenvalue weighted by atomic mass is 16.5. The van der Waals surface area contributed by atoms with Gasteiger partial charge in [-0.2, -0.15) is 0 Å². The first-order chi connectivity index (χ1) is 13.6. The summed E-state index contributed by atoms with van der Waals surface area (Å²) in [6.07, 6.45) is 12.7. The molecule has 0 aromatic heterocycles. The molecule has 0 saturated carbocycles. The van der Waals surface area contributed by atoms with Crippen molar-refractivity contribution in [1.29, 1.82) is 0 Å². The van der Waals surface area contributed by atoms with Gasteiger partial charge in [-0.05, 0) is 50.4 Å². The van der Waals surface area contributed by atoms with Crippen molar-refractivity contribution < 1.29 is 24.2 Å². The van der Waals surface area contributed by atoms with Gasteiger partial charge in [-0.3, -0.25) is 10.0 Å². The van der Waals surface area contributed by atoms with E-state index in [1.54, 1.807) is 0 Å². The van der Waals surface area contributed by atoms with Crippen LogP contribution in [-0.4, -0.2) is 61.9 Å². The highest BCUT2D eigenvalue weighted by molar-refractivity contribution is 5.74. The summed E-state index contributed by atoms with van der Waals surface area (Å²) < 4.78 is 17.8. The molecule has 2 rings (SSSR count). The van der Waals surface area contributed by atoms with E-state index in [2.05, 4.69) is 6.92 Å². The Hall–Kier alpha value is -0.690. The number of hydrogen-bond acceptors (Lipinski definition) is 5. The van der Waals surface area contributed by atoms with Crippen LogP contribution in [0.25, 0.3) is 0 Å². The van der Waals surface area contributed by atoms with Crippen LogP contribution < -0.4 is 0 Å². The van der Waals surface area contributed by atoms with Gasteiger partial charge in [-0.1, -0.05) is 32.6 Å². The van der Waals surface area contributed by atoms with Crippen molar-refractivity contribution >= 4 is 5.91 Å². The van der Waals surface area contributed by atoms with E-state index in [9.17, 15) is 4.79 Å². The Morgan fingerprint density at radius 2 is 1.50 bits per heavy atom. The first-order valence-electron chi connectivity index (χ1n) is 11.4. The lowest BCUT2D eigenvalue weighted by Crippen LogP contribution is -2.29. The van der Waals surface area contributed by atoms with E-state index in [0.717, 1.165) is 32.7 Å². The van der Waals surface area contributed by atoms with Crippen molar-refractivity contribution in [1.82, 2.24) is 5.06 Å². The fourth-order valence-corrected chi connectivity index (χ4v) is 4.61. The standard InChI is InChI=1S/C22H41NO5/c1-3-4-5-6-7-14-26-16-12-18-19(21-11-10-20(18)28-21)13-17-27-15-8-9-22(24)23(2)25/h18-21,25H,3-17H2,1-2H3. The van der Waals surface area contributed by atoms with Gasteiger partial charge in [0.15, 0.2) is 0 Å². The van der Waals surface area contributed by atoms with Gasteiger partial charge in [0.1, 0.15) is 0 Å². The summed E-state index contributed by atoms with van der Waals surface area (Å²) in [7, 11) is 1.36. The van der Waals surface area contributed by atoms with E-state index in [-0.39, 0.29) is 5.91 Å². The molecule has 2 aliphatic heterocycles. The van der Waals surface area contributed by atoms with Crippen LogP contribution in [-0.2, 0) is 19.0 Å². The number of ether oxygens (including phenoxy) is 3. The van der Waals surface area contributed by atoms with E-state index < -0.39 is 0 Å². The van der Waals surface area contributed by atoms with Crippen molar-refractivity contribution in [2.24, 2.45) is 11.8 Å². The normalized spacial score (nSPS) is 26.1. The number of amides is 1. The first kappa shape index (κ1) is 23.6. The summed E-state index contributed by atoms with van der Waals surface area (Å²) in [5, 5.41) is 9.67. The summed E-state index contributed by atoms with van der Waals surface area (Å²) in [5.74, 6) is 0.916. The molecular formula is C22H41NO5. The van der Waals surface area contributed by atoms with Gasteiger partial charge in [0.05, 0.1) is 12.2 Å². The zero-order valence-electron chi connectivity index (χ0n) is 17.9. The summed E-state index contributed by atoms with van der Waals surface area (Å²) >= 11 is 0. The third-order valence-corrected chi connectivity index (χ3v) is 6.21. The zero-order chi connectivity index (χ0) is 20.2. The molecule has 0 aromatic rings. The number of fused-ring (bicyclic) bond motifs is 2. The van der Waals surface area contributed by atoms with Gasteiger partial charge >= 0.3 is 0 Å². The molecule has 1 amide bonds. The number of hydrogen-bond donors (Lipinski definition) is 1. The number of unbranched alkanes of at least 4 members (excludes halogenated alkanes) is 4. The zero-order valence-corrected chi connectivity index (χ0v) is 17.9. The molecule has 1 N–H and O–H groups in total. The lowest BCUT2D eigenvalue weighted by molar-refractivity contribution is -0.159. The van der Waals surface area contributed by atoms with Gasteiger partial charge in [-0.15, -0.1) is 0 Å². The molecule has 4 unspecified atom stereocenters. The average Bonchev–Trinajstić information content (AvgIpc) is 3.28. The predicted molar refractivity (Wildman–Crippen MR) is 108 cm³/mol. The van der Waals surface area contributed by atoms with E-state index in [4.69, 9.17) is 19.4 Å². The van der Waals surface area contributed by atoms with Crippen LogP contribution in [0, 0.1) is 11.8 Å². The number of rotatable bonds is 16. The van der Waals surface area contributed by atoms with E-state index in [0.29, 0.717) is 48.6 Å². The molecule has 0 spiro atoms. The second-order valence-electron chi connectivity index (χ2n) is 8.36. The van der Waals surface area contributed by atoms with E-state index in [1.165, 1.54) is 52.0 Å². The Morgan fingerprint density at radius 3 is 2.07 bits per heavy atom. The van der Waals surface area contributed by atoms with Crippen LogP contribution in [0.3, 0.4) is 0 Å². The van der Waals surface area contributed by atoms with Crippen LogP contribution in [0.5, 0.6) is 0 Å². The molecule has 2 fully saturated rings. The van der Waals surface area contributed by atoms with Gasteiger partial charge in [-0.25, -0.2) is 5.06 Å². The Morgan fingerprint density at radius 1 is 0.929 bits per heavy atom. The summed E-state index contributed by atoms with van der Waals surface area (Å²) in [6, 6.07) is 0. The molecule has 2 saturated heterocycles. The highest BCUT2D eigenvalue weighted by Gasteiger charge is 2.47. The average molecular weight is 400 g/mol. The van der Waals surface area contributed by atoms with E-state index in [1.807, 2.05) is 0 Å². The van der Waals surface area contributed by atoms with Gasteiger partial charge in [0, 0.05) is 39.9 Å². The fraction of sp³-hybridized carbons (Fsp3) is 0.955. The van der Waals surface area contributed by atoms with Crippen molar-refractivity contribution in [3.05, 3.63) is 0 Å². The Labute approximate surface area is 170 Å². The van der Waals surface area contributed by atoms with Crippen molar-refractivity contribution in [3.63, 3.8) is 0 Å². The Bertz CT molecular complexity index is 431. The van der Waals surface area contributed by atoms with Crippen LogP contribution in [0.4, 0.5) is 0 Å². The molecular weight excluding hydrogens is 358 g/mol. The number of hydroxylamine groups is 2. The molecule has 0 aliphatic carbocycles. The van der Waals surface area contributed by atoms with Crippen LogP contribution >= 0.6 is 0 Å². The predicted octanol–water partition coefficient (Wildman–Crippen LogP) is 4.19. The smallest absolute Gasteiger partial charge is 0.245 e. The molecule has 2 heterocycles. The van der Waals surface area contributed by atoms with Crippen molar-refractivity contribution in [3.8, 4) is 0 Å². The molecule has 6 heteroatoms. The maximum absolute atomic E-state index is 11.3. The molecule has 0 aromatic carbocycles. The first-order valence-corrected chi connectivity index (χ1v) is 11.4. The lowest BCUT2D eigenvalue weighted by atomic mass is 9.76. The highest BCUT2D eigenvalue weighted by Crippen LogP contribution is 2.46. The SMILES string of the molecule is CCCCCCCOCCC1C2CCC(O2)C1CCOCCCC(=O)N(C)O. The molecule has 4 atom stereocenters. The fourth-order valence-electron chi connectivity index (χ4n) is 4.61. The number of nitrogens with zero attached hydrogens (tertiary/aromatic N) is 1. The summed E-state index contributed by atoms with van der Waals surface area (Å²) in [6.45, 7) is 5.26. The minimum atomic E-state index is -0.268. The third-order valence-electron chi connectivity index (χ3n) is 6.21. The van der Waals surface area contributed by atoms with Gasteiger partial charge in [0.25, 0.3) is 0 Å². The molecule has 2 aliphatic rings. The van der Waals surface area contributed by atoms with Crippen LogP contribution in [0.1, 0.15) is 77.6 Å².